The van der Waals surface area contributed by atoms with E-state index in [2.05, 4.69) is 5.32 Å². The zero-order valence-electron chi connectivity index (χ0n) is 25.0. The number of sulfonamides is 1. The van der Waals surface area contributed by atoms with Gasteiger partial charge >= 0.3 is 0 Å². The van der Waals surface area contributed by atoms with Crippen LogP contribution in [-0.4, -0.2) is 50.9 Å². The van der Waals surface area contributed by atoms with E-state index in [1.165, 1.54) is 30.2 Å². The number of anilines is 1. The quantitative estimate of drug-likeness (QED) is 0.262. The van der Waals surface area contributed by atoms with Crippen LogP contribution in [-0.2, 0) is 26.2 Å². The molecule has 0 aliphatic heterocycles. The number of nitrogens with zero attached hydrogens (tertiary/aromatic N) is 2. The van der Waals surface area contributed by atoms with Crippen molar-refractivity contribution in [2.24, 2.45) is 0 Å². The molecule has 0 bridgehead atoms. The van der Waals surface area contributed by atoms with Gasteiger partial charge in [0.05, 0.1) is 17.7 Å². The van der Waals surface area contributed by atoms with E-state index in [1.807, 2.05) is 38.1 Å². The molecule has 0 heterocycles. The third-order valence-corrected chi connectivity index (χ3v) is 9.86. The Labute approximate surface area is 260 Å². The van der Waals surface area contributed by atoms with Gasteiger partial charge in [-0.2, -0.15) is 0 Å². The largest absolute Gasteiger partial charge is 0.497 e. The van der Waals surface area contributed by atoms with Crippen LogP contribution >= 0.6 is 11.6 Å². The van der Waals surface area contributed by atoms with Crippen LogP contribution in [0.4, 0.5) is 5.69 Å². The second-order valence-corrected chi connectivity index (χ2v) is 13.2. The van der Waals surface area contributed by atoms with E-state index in [0.717, 1.165) is 47.5 Å². The molecule has 0 saturated heterocycles. The normalized spacial score (nSPS) is 14.5. The van der Waals surface area contributed by atoms with Crippen molar-refractivity contribution < 1.29 is 22.7 Å². The van der Waals surface area contributed by atoms with E-state index in [-0.39, 0.29) is 29.1 Å². The molecule has 1 aliphatic rings. The first kappa shape index (κ1) is 32.4. The monoisotopic (exact) mass is 625 g/mol. The number of halogens is 1. The van der Waals surface area contributed by atoms with Crippen LogP contribution in [0.5, 0.6) is 5.75 Å². The van der Waals surface area contributed by atoms with Crippen molar-refractivity contribution in [2.45, 2.75) is 75.9 Å². The SMILES string of the molecule is CC[C@@H](C(=O)NC1CCCCC1)N(Cc1ccc(C)cc1)C(=O)CN(c1cccc(Cl)c1)S(=O)(=O)c1ccc(OC)cc1. The van der Waals surface area contributed by atoms with Crippen LogP contribution < -0.4 is 14.4 Å². The van der Waals surface area contributed by atoms with Crippen molar-refractivity contribution in [2.75, 3.05) is 18.0 Å². The summed E-state index contributed by atoms with van der Waals surface area (Å²) in [6, 6.07) is 19.4. The van der Waals surface area contributed by atoms with Gasteiger partial charge in [-0.3, -0.25) is 13.9 Å². The molecule has 1 atom stereocenters. The number of methoxy groups -OCH3 is 1. The lowest BCUT2D eigenvalue weighted by atomic mass is 9.95. The van der Waals surface area contributed by atoms with Crippen molar-refractivity contribution in [3.8, 4) is 5.75 Å². The lowest BCUT2D eigenvalue weighted by Gasteiger charge is -2.34. The van der Waals surface area contributed by atoms with Crippen LogP contribution in [0.3, 0.4) is 0 Å². The fourth-order valence-corrected chi connectivity index (χ4v) is 6.98. The van der Waals surface area contributed by atoms with Crippen LogP contribution in [0.25, 0.3) is 0 Å². The van der Waals surface area contributed by atoms with Gasteiger partial charge in [0, 0.05) is 17.6 Å². The number of benzene rings is 3. The summed E-state index contributed by atoms with van der Waals surface area (Å²) < 4.78 is 34.3. The summed E-state index contributed by atoms with van der Waals surface area (Å²) in [4.78, 5) is 29.4. The van der Waals surface area contributed by atoms with Crippen LogP contribution in [0.2, 0.25) is 5.02 Å². The average Bonchev–Trinajstić information content (AvgIpc) is 3.01. The Bertz CT molecular complexity index is 1490. The maximum Gasteiger partial charge on any atom is 0.264 e. The summed E-state index contributed by atoms with van der Waals surface area (Å²) in [7, 11) is -2.71. The molecule has 0 aromatic heterocycles. The first-order chi connectivity index (χ1) is 20.6. The molecular formula is C33H40ClN3O5S. The third kappa shape index (κ3) is 8.30. The number of carbonyl (C=O) groups excluding carboxylic acids is 2. The Kier molecular flexibility index (Phi) is 11.1. The number of rotatable bonds is 12. The summed E-state index contributed by atoms with van der Waals surface area (Å²) in [5, 5.41) is 3.49. The Morgan fingerprint density at radius 2 is 1.67 bits per heavy atom. The van der Waals surface area contributed by atoms with E-state index in [9.17, 15) is 18.0 Å². The fourth-order valence-electron chi connectivity index (χ4n) is 5.39. The Morgan fingerprint density at radius 3 is 2.28 bits per heavy atom. The molecule has 2 amide bonds. The molecule has 3 aromatic rings. The van der Waals surface area contributed by atoms with Crippen molar-refractivity contribution in [1.29, 1.82) is 0 Å². The van der Waals surface area contributed by atoms with Crippen LogP contribution in [0, 0.1) is 6.92 Å². The molecule has 1 N–H and O–H groups in total. The number of ether oxygens (including phenoxy) is 1. The fraction of sp³-hybridized carbons (Fsp3) is 0.394. The molecule has 4 rings (SSSR count). The van der Waals surface area contributed by atoms with E-state index in [4.69, 9.17) is 16.3 Å². The van der Waals surface area contributed by atoms with E-state index < -0.39 is 28.5 Å². The summed E-state index contributed by atoms with van der Waals surface area (Å²) in [5.74, 6) is -0.214. The van der Waals surface area contributed by atoms with Crippen molar-refractivity contribution in [1.82, 2.24) is 10.2 Å². The van der Waals surface area contributed by atoms with Gasteiger partial charge in [0.2, 0.25) is 11.8 Å². The van der Waals surface area contributed by atoms with Gasteiger partial charge in [-0.25, -0.2) is 8.42 Å². The maximum absolute atomic E-state index is 14.2. The molecule has 1 saturated carbocycles. The molecule has 8 nitrogen and oxygen atoms in total. The highest BCUT2D eigenvalue weighted by atomic mass is 35.5. The van der Waals surface area contributed by atoms with E-state index in [1.54, 1.807) is 30.3 Å². The van der Waals surface area contributed by atoms with E-state index in [0.29, 0.717) is 17.2 Å². The molecule has 0 spiro atoms. The molecule has 1 aliphatic carbocycles. The number of carbonyl (C=O) groups is 2. The van der Waals surface area contributed by atoms with Gasteiger partial charge in [-0.1, -0.05) is 73.7 Å². The number of hydrogen-bond acceptors (Lipinski definition) is 5. The highest BCUT2D eigenvalue weighted by Gasteiger charge is 2.34. The van der Waals surface area contributed by atoms with Gasteiger partial charge in [-0.15, -0.1) is 0 Å². The summed E-state index contributed by atoms with van der Waals surface area (Å²) in [5.41, 5.74) is 2.16. The Morgan fingerprint density at radius 1 is 1.00 bits per heavy atom. The average molecular weight is 626 g/mol. The molecular weight excluding hydrogens is 586 g/mol. The topological polar surface area (TPSA) is 96.0 Å². The van der Waals surface area contributed by atoms with Gasteiger partial charge in [0.1, 0.15) is 18.3 Å². The molecule has 43 heavy (non-hydrogen) atoms. The molecule has 0 unspecified atom stereocenters. The highest BCUT2D eigenvalue weighted by Crippen LogP contribution is 2.28. The molecule has 1 fully saturated rings. The van der Waals surface area contributed by atoms with Crippen molar-refractivity contribution in [3.63, 3.8) is 0 Å². The maximum atomic E-state index is 14.2. The number of hydrogen-bond donors (Lipinski definition) is 1. The second-order valence-electron chi connectivity index (χ2n) is 10.9. The minimum atomic E-state index is -4.21. The highest BCUT2D eigenvalue weighted by molar-refractivity contribution is 7.92. The number of nitrogens with one attached hydrogen (secondary N) is 1. The molecule has 0 radical (unpaired) electrons. The number of amides is 2. The molecule has 3 aromatic carbocycles. The Balaban J connectivity index is 1.70. The van der Waals surface area contributed by atoms with Crippen molar-refractivity contribution in [3.05, 3.63) is 88.9 Å². The van der Waals surface area contributed by atoms with Crippen molar-refractivity contribution >= 4 is 39.1 Å². The summed E-state index contributed by atoms with van der Waals surface area (Å²) in [6.45, 7) is 3.48. The summed E-state index contributed by atoms with van der Waals surface area (Å²) in [6.07, 6.45) is 5.48. The lowest BCUT2D eigenvalue weighted by molar-refractivity contribution is -0.140. The molecule has 230 valence electrons. The molecule has 10 heteroatoms. The zero-order valence-corrected chi connectivity index (χ0v) is 26.5. The zero-order chi connectivity index (χ0) is 31.0. The predicted molar refractivity (Wildman–Crippen MR) is 170 cm³/mol. The number of aryl methyl sites for hydroxylation is 1. The van der Waals surface area contributed by atoms with Gasteiger partial charge in [0.15, 0.2) is 0 Å². The van der Waals surface area contributed by atoms with Crippen LogP contribution in [0.1, 0.15) is 56.6 Å². The third-order valence-electron chi connectivity index (χ3n) is 7.83. The minimum absolute atomic E-state index is 0.00626. The Hall–Kier alpha value is -3.56. The van der Waals surface area contributed by atoms with Gasteiger partial charge < -0.3 is 15.0 Å². The standard InChI is InChI=1S/C33H40ClN3O5S/c1-4-31(33(39)35-27-10-6-5-7-11-27)36(22-25-15-13-24(2)14-16-25)32(38)23-37(28-12-8-9-26(34)21-28)43(40,41)30-19-17-29(42-3)18-20-30/h8-9,12-21,27,31H,4-7,10-11,22-23H2,1-3H3,(H,35,39)/t31-/m0/s1. The summed E-state index contributed by atoms with van der Waals surface area (Å²) >= 11 is 6.26. The first-order valence-electron chi connectivity index (χ1n) is 14.7. The predicted octanol–water partition coefficient (Wildman–Crippen LogP) is 6.11. The lowest BCUT2D eigenvalue weighted by Crippen LogP contribution is -2.54. The van der Waals surface area contributed by atoms with Crippen LogP contribution in [0.15, 0.2) is 77.7 Å². The first-order valence-corrected chi connectivity index (χ1v) is 16.5. The second kappa shape index (κ2) is 14.8. The van der Waals surface area contributed by atoms with Gasteiger partial charge in [-0.05, 0) is 74.2 Å². The van der Waals surface area contributed by atoms with E-state index >= 15 is 0 Å². The van der Waals surface area contributed by atoms with Gasteiger partial charge in [0.25, 0.3) is 10.0 Å². The smallest absolute Gasteiger partial charge is 0.264 e. The minimum Gasteiger partial charge on any atom is -0.497 e.